The van der Waals surface area contributed by atoms with Gasteiger partial charge in [0.2, 0.25) is 15.9 Å². The van der Waals surface area contributed by atoms with Crippen LogP contribution in [0, 0.1) is 19.3 Å². The molecule has 0 bridgehead atoms. The maximum Gasteiger partial charge on any atom is 0.240 e. The van der Waals surface area contributed by atoms with Crippen molar-refractivity contribution in [3.05, 3.63) is 66.2 Å². The van der Waals surface area contributed by atoms with Crippen molar-refractivity contribution in [2.24, 2.45) is 5.41 Å². The van der Waals surface area contributed by atoms with Crippen molar-refractivity contribution < 1.29 is 17.9 Å². The molecule has 0 aliphatic carbocycles. The third-order valence-electron chi connectivity index (χ3n) is 5.00. The van der Waals surface area contributed by atoms with E-state index >= 15 is 0 Å². The van der Waals surface area contributed by atoms with Gasteiger partial charge in [0.15, 0.2) is 0 Å². The van der Waals surface area contributed by atoms with E-state index in [1.54, 1.807) is 12.1 Å². The summed E-state index contributed by atoms with van der Waals surface area (Å²) in [6.07, 6.45) is 2.86. The molecule has 2 aromatic carbocycles. The molecular formula is C24H32N2O4S. The average molecular weight is 445 g/mol. The quantitative estimate of drug-likeness (QED) is 0.392. The number of anilines is 1. The number of ether oxygens (including phenoxy) is 1. The van der Waals surface area contributed by atoms with Crippen molar-refractivity contribution in [1.29, 1.82) is 0 Å². The molecule has 0 aromatic heterocycles. The van der Waals surface area contributed by atoms with Gasteiger partial charge in [-0.1, -0.05) is 32.1 Å². The van der Waals surface area contributed by atoms with Gasteiger partial charge in [-0.25, -0.2) is 13.1 Å². The lowest BCUT2D eigenvalue weighted by atomic mass is 9.87. The molecular weight excluding hydrogens is 412 g/mol. The Hall–Kier alpha value is -2.64. The molecule has 168 valence electrons. The molecule has 0 atom stereocenters. The molecule has 0 saturated heterocycles. The number of benzene rings is 2. The van der Waals surface area contributed by atoms with Gasteiger partial charge in [0.05, 0.1) is 11.5 Å². The highest BCUT2D eigenvalue weighted by atomic mass is 32.2. The molecule has 0 fully saturated rings. The van der Waals surface area contributed by atoms with Crippen LogP contribution >= 0.6 is 0 Å². The van der Waals surface area contributed by atoms with E-state index in [1.165, 1.54) is 18.2 Å². The molecule has 1 amide bonds. The molecule has 0 unspecified atom stereocenters. The molecule has 6 nitrogen and oxygen atoms in total. The molecule has 0 spiro atoms. The fraction of sp³-hybridized carbons (Fsp3) is 0.375. The Morgan fingerprint density at radius 2 is 1.81 bits per heavy atom. The zero-order valence-corrected chi connectivity index (χ0v) is 19.5. The lowest BCUT2D eigenvalue weighted by Crippen LogP contribution is -2.31. The summed E-state index contributed by atoms with van der Waals surface area (Å²) in [6.45, 7) is 12.0. The van der Waals surface area contributed by atoms with E-state index < -0.39 is 15.4 Å². The molecule has 2 rings (SSSR count). The fourth-order valence-electron chi connectivity index (χ4n) is 2.94. The first-order valence-corrected chi connectivity index (χ1v) is 11.8. The normalized spacial score (nSPS) is 11.7. The van der Waals surface area contributed by atoms with E-state index in [9.17, 15) is 13.2 Å². The van der Waals surface area contributed by atoms with E-state index in [0.717, 1.165) is 23.3 Å². The van der Waals surface area contributed by atoms with Crippen LogP contribution in [0.4, 0.5) is 5.69 Å². The predicted molar refractivity (Wildman–Crippen MR) is 125 cm³/mol. The van der Waals surface area contributed by atoms with Gasteiger partial charge < -0.3 is 10.1 Å². The number of sulfonamides is 1. The summed E-state index contributed by atoms with van der Waals surface area (Å²) >= 11 is 0. The summed E-state index contributed by atoms with van der Waals surface area (Å²) in [4.78, 5) is 12.9. The summed E-state index contributed by atoms with van der Waals surface area (Å²) in [7, 11) is -3.59. The summed E-state index contributed by atoms with van der Waals surface area (Å²) in [5.41, 5.74) is 2.19. The van der Waals surface area contributed by atoms with Gasteiger partial charge >= 0.3 is 0 Å². The minimum atomic E-state index is -3.59. The molecule has 0 saturated carbocycles. The van der Waals surface area contributed by atoms with E-state index in [1.807, 2.05) is 39.8 Å². The summed E-state index contributed by atoms with van der Waals surface area (Å²) in [6, 6.07) is 12.2. The van der Waals surface area contributed by atoms with Gasteiger partial charge in [-0.15, -0.1) is 6.58 Å². The molecule has 0 heterocycles. The fourth-order valence-corrected chi connectivity index (χ4v) is 3.94. The Balaban J connectivity index is 1.88. The molecule has 0 aliphatic rings. The van der Waals surface area contributed by atoms with Crippen molar-refractivity contribution in [3.8, 4) is 5.75 Å². The molecule has 2 N–H and O–H groups in total. The standard InChI is InChI=1S/C24H32N2O4S/c1-6-15-25-31(28,29)21-12-10-20(11-13-21)26-23(27)24(4,5)14-7-16-30-22-17-18(2)8-9-19(22)3/h6,8-13,17,25H,1,7,14-16H2,2-5H3,(H,26,27). The summed E-state index contributed by atoms with van der Waals surface area (Å²) in [5, 5.41) is 2.87. The van der Waals surface area contributed by atoms with Gasteiger partial charge in [0, 0.05) is 17.6 Å². The van der Waals surface area contributed by atoms with Crippen LogP contribution in [-0.2, 0) is 14.8 Å². The van der Waals surface area contributed by atoms with Crippen LogP contribution in [0.25, 0.3) is 0 Å². The van der Waals surface area contributed by atoms with E-state index in [2.05, 4.69) is 22.7 Å². The Morgan fingerprint density at radius 1 is 1.13 bits per heavy atom. The van der Waals surface area contributed by atoms with Crippen LogP contribution in [0.3, 0.4) is 0 Å². The van der Waals surface area contributed by atoms with Crippen LogP contribution in [0.1, 0.15) is 37.8 Å². The van der Waals surface area contributed by atoms with Gasteiger partial charge in [-0.3, -0.25) is 4.79 Å². The topological polar surface area (TPSA) is 84.5 Å². The van der Waals surface area contributed by atoms with Crippen molar-refractivity contribution in [2.75, 3.05) is 18.5 Å². The number of nitrogens with one attached hydrogen (secondary N) is 2. The van der Waals surface area contributed by atoms with Crippen LogP contribution < -0.4 is 14.8 Å². The van der Waals surface area contributed by atoms with E-state index in [4.69, 9.17) is 4.74 Å². The minimum Gasteiger partial charge on any atom is -0.493 e. The molecule has 0 aliphatic heterocycles. The first-order valence-electron chi connectivity index (χ1n) is 10.3. The van der Waals surface area contributed by atoms with E-state index in [0.29, 0.717) is 18.7 Å². The minimum absolute atomic E-state index is 0.125. The van der Waals surface area contributed by atoms with Crippen molar-refractivity contribution in [1.82, 2.24) is 4.72 Å². The highest BCUT2D eigenvalue weighted by molar-refractivity contribution is 7.89. The monoisotopic (exact) mass is 444 g/mol. The van der Waals surface area contributed by atoms with Crippen LogP contribution in [0.15, 0.2) is 60.0 Å². The lowest BCUT2D eigenvalue weighted by Gasteiger charge is -2.24. The number of amides is 1. The first kappa shape index (κ1) is 24.6. The Labute approximate surface area is 185 Å². The summed E-state index contributed by atoms with van der Waals surface area (Å²) in [5.74, 6) is 0.750. The number of rotatable bonds is 11. The second-order valence-corrected chi connectivity index (χ2v) is 9.99. The maximum atomic E-state index is 12.7. The smallest absolute Gasteiger partial charge is 0.240 e. The molecule has 31 heavy (non-hydrogen) atoms. The molecule has 2 aromatic rings. The Bertz CT molecular complexity index is 1010. The Kier molecular flexibility index (Phi) is 8.42. The lowest BCUT2D eigenvalue weighted by molar-refractivity contribution is -0.124. The van der Waals surface area contributed by atoms with Gasteiger partial charge in [0.1, 0.15) is 5.75 Å². The van der Waals surface area contributed by atoms with Crippen molar-refractivity contribution in [2.45, 2.75) is 45.4 Å². The number of hydrogen-bond acceptors (Lipinski definition) is 4. The van der Waals surface area contributed by atoms with Crippen molar-refractivity contribution >= 4 is 21.6 Å². The zero-order chi connectivity index (χ0) is 23.1. The number of aryl methyl sites for hydroxylation is 2. The first-order chi connectivity index (χ1) is 14.5. The second kappa shape index (κ2) is 10.6. The van der Waals surface area contributed by atoms with E-state index in [-0.39, 0.29) is 17.3 Å². The predicted octanol–water partition coefficient (Wildman–Crippen LogP) is 4.59. The SMILES string of the molecule is C=CCNS(=O)(=O)c1ccc(NC(=O)C(C)(C)CCCOc2cc(C)ccc2C)cc1. The largest absolute Gasteiger partial charge is 0.493 e. The van der Waals surface area contributed by atoms with Crippen LogP contribution in [0.5, 0.6) is 5.75 Å². The zero-order valence-electron chi connectivity index (χ0n) is 18.7. The van der Waals surface area contributed by atoms with Crippen LogP contribution in [-0.4, -0.2) is 27.5 Å². The van der Waals surface area contributed by atoms with Crippen molar-refractivity contribution in [3.63, 3.8) is 0 Å². The number of carbonyl (C=O) groups is 1. The highest BCUT2D eigenvalue weighted by Crippen LogP contribution is 2.26. The summed E-state index contributed by atoms with van der Waals surface area (Å²) < 4.78 is 32.5. The van der Waals surface area contributed by atoms with Gasteiger partial charge in [0.25, 0.3) is 0 Å². The number of hydrogen-bond donors (Lipinski definition) is 2. The third kappa shape index (κ3) is 7.22. The Morgan fingerprint density at radius 3 is 2.45 bits per heavy atom. The van der Waals surface area contributed by atoms with Gasteiger partial charge in [-0.2, -0.15) is 0 Å². The third-order valence-corrected chi connectivity index (χ3v) is 6.44. The van der Waals surface area contributed by atoms with Crippen LogP contribution in [0.2, 0.25) is 0 Å². The van der Waals surface area contributed by atoms with Gasteiger partial charge in [-0.05, 0) is 68.1 Å². The maximum absolute atomic E-state index is 12.7. The highest BCUT2D eigenvalue weighted by Gasteiger charge is 2.27. The molecule has 0 radical (unpaired) electrons. The average Bonchev–Trinajstić information content (AvgIpc) is 2.72. The molecule has 7 heteroatoms. The number of carbonyl (C=O) groups excluding carboxylic acids is 1. The second-order valence-electron chi connectivity index (χ2n) is 8.22.